The Hall–Kier alpha value is -2.13. The molecule has 0 saturated heterocycles. The normalized spacial score (nSPS) is 11.9. The van der Waals surface area contributed by atoms with Crippen molar-refractivity contribution in [2.45, 2.75) is 6.04 Å². The molecular weight excluding hydrogens is 226 g/mol. The Kier molecular flexibility index (Phi) is 3.75. The van der Waals surface area contributed by atoms with Crippen LogP contribution in [0.4, 0.5) is 0 Å². The molecule has 0 aliphatic rings. The minimum Gasteiger partial charge on any atom is -0.465 e. The molecule has 0 aliphatic heterocycles. The first-order valence-corrected chi connectivity index (χ1v) is 5.71. The molecule has 0 spiro atoms. The number of hydrogen-bond acceptors (Lipinski definition) is 3. The topological polar surface area (TPSA) is 52.3 Å². The van der Waals surface area contributed by atoms with Gasteiger partial charge in [0.05, 0.1) is 18.7 Å². The second kappa shape index (κ2) is 5.47. The smallest absolute Gasteiger partial charge is 0.337 e. The molecule has 2 aromatic rings. The van der Waals surface area contributed by atoms with E-state index < -0.39 is 0 Å². The second-order valence-corrected chi connectivity index (χ2v) is 4.00. The van der Waals surface area contributed by atoms with Crippen LogP contribution in [0, 0.1) is 0 Å². The minimum absolute atomic E-state index is 0.183. The van der Waals surface area contributed by atoms with E-state index in [1.807, 2.05) is 42.5 Å². The Morgan fingerprint density at radius 3 is 2.11 bits per heavy atom. The summed E-state index contributed by atoms with van der Waals surface area (Å²) in [6.45, 7) is 0. The number of carbonyl (C=O) groups excluding carboxylic acids is 1. The first-order valence-electron chi connectivity index (χ1n) is 5.71. The van der Waals surface area contributed by atoms with Gasteiger partial charge in [-0.05, 0) is 23.3 Å². The molecule has 0 aromatic heterocycles. The first kappa shape index (κ1) is 12.3. The number of esters is 1. The van der Waals surface area contributed by atoms with E-state index >= 15 is 0 Å². The van der Waals surface area contributed by atoms with Gasteiger partial charge in [-0.25, -0.2) is 4.79 Å². The van der Waals surface area contributed by atoms with Gasteiger partial charge in [0.2, 0.25) is 0 Å². The largest absolute Gasteiger partial charge is 0.465 e. The number of rotatable bonds is 3. The fourth-order valence-corrected chi connectivity index (χ4v) is 1.80. The SMILES string of the molecule is COC(=O)c1ccc(C(N)c2ccccc2)cc1. The van der Waals surface area contributed by atoms with E-state index in [4.69, 9.17) is 5.73 Å². The first-order chi connectivity index (χ1) is 8.72. The van der Waals surface area contributed by atoms with Crippen molar-refractivity contribution in [3.05, 3.63) is 71.3 Å². The molecule has 2 rings (SSSR count). The number of nitrogens with two attached hydrogens (primary N) is 1. The van der Waals surface area contributed by atoms with Crippen LogP contribution in [0.5, 0.6) is 0 Å². The van der Waals surface area contributed by atoms with Gasteiger partial charge in [0.25, 0.3) is 0 Å². The van der Waals surface area contributed by atoms with Crippen LogP contribution < -0.4 is 5.73 Å². The van der Waals surface area contributed by atoms with Gasteiger partial charge in [-0.15, -0.1) is 0 Å². The zero-order chi connectivity index (χ0) is 13.0. The highest BCUT2D eigenvalue weighted by Gasteiger charge is 2.10. The zero-order valence-electron chi connectivity index (χ0n) is 10.2. The van der Waals surface area contributed by atoms with Crippen molar-refractivity contribution >= 4 is 5.97 Å². The summed E-state index contributed by atoms with van der Waals surface area (Å²) >= 11 is 0. The Morgan fingerprint density at radius 1 is 1.00 bits per heavy atom. The second-order valence-electron chi connectivity index (χ2n) is 4.00. The predicted octanol–water partition coefficient (Wildman–Crippen LogP) is 2.52. The van der Waals surface area contributed by atoms with Crippen LogP contribution >= 0.6 is 0 Å². The maximum Gasteiger partial charge on any atom is 0.337 e. The van der Waals surface area contributed by atoms with Crippen LogP contribution in [0.2, 0.25) is 0 Å². The van der Waals surface area contributed by atoms with E-state index in [2.05, 4.69) is 4.74 Å². The standard InChI is InChI=1S/C15H15NO2/c1-18-15(17)13-9-7-12(8-10-13)14(16)11-5-3-2-4-6-11/h2-10,14H,16H2,1H3. The van der Waals surface area contributed by atoms with Gasteiger partial charge in [-0.2, -0.15) is 0 Å². The molecule has 3 nitrogen and oxygen atoms in total. The van der Waals surface area contributed by atoms with Crippen LogP contribution in [0.25, 0.3) is 0 Å². The third-order valence-electron chi connectivity index (χ3n) is 2.85. The van der Waals surface area contributed by atoms with Crippen molar-refractivity contribution in [1.82, 2.24) is 0 Å². The maximum atomic E-state index is 11.3. The van der Waals surface area contributed by atoms with Crippen molar-refractivity contribution in [3.63, 3.8) is 0 Å². The highest BCUT2D eigenvalue weighted by atomic mass is 16.5. The van der Waals surface area contributed by atoms with Gasteiger partial charge in [-0.3, -0.25) is 0 Å². The molecule has 2 aromatic carbocycles. The van der Waals surface area contributed by atoms with E-state index in [0.29, 0.717) is 5.56 Å². The predicted molar refractivity (Wildman–Crippen MR) is 70.3 cm³/mol. The summed E-state index contributed by atoms with van der Waals surface area (Å²) in [6.07, 6.45) is 0. The van der Waals surface area contributed by atoms with Crippen molar-refractivity contribution in [2.75, 3.05) is 7.11 Å². The average molecular weight is 241 g/mol. The lowest BCUT2D eigenvalue weighted by Gasteiger charge is -2.12. The van der Waals surface area contributed by atoms with Crippen LogP contribution in [0.15, 0.2) is 54.6 Å². The van der Waals surface area contributed by atoms with E-state index in [1.54, 1.807) is 12.1 Å². The molecule has 0 aliphatic carbocycles. The lowest BCUT2D eigenvalue weighted by Crippen LogP contribution is -2.12. The molecule has 1 unspecified atom stereocenters. The molecule has 0 radical (unpaired) electrons. The lowest BCUT2D eigenvalue weighted by molar-refractivity contribution is 0.0600. The molecule has 0 bridgehead atoms. The van der Waals surface area contributed by atoms with Crippen molar-refractivity contribution < 1.29 is 9.53 Å². The summed E-state index contributed by atoms with van der Waals surface area (Å²) in [5, 5.41) is 0. The Bertz CT molecular complexity index is 520. The summed E-state index contributed by atoms with van der Waals surface area (Å²) in [5.41, 5.74) is 8.70. The van der Waals surface area contributed by atoms with E-state index in [-0.39, 0.29) is 12.0 Å². The van der Waals surface area contributed by atoms with E-state index in [9.17, 15) is 4.79 Å². The molecule has 0 saturated carbocycles. The quantitative estimate of drug-likeness (QED) is 0.840. The highest BCUT2D eigenvalue weighted by molar-refractivity contribution is 5.89. The Morgan fingerprint density at radius 2 is 1.56 bits per heavy atom. The van der Waals surface area contributed by atoms with Crippen molar-refractivity contribution in [1.29, 1.82) is 0 Å². The number of hydrogen-bond donors (Lipinski definition) is 1. The van der Waals surface area contributed by atoms with Gasteiger partial charge >= 0.3 is 5.97 Å². The summed E-state index contributed by atoms with van der Waals surface area (Å²) in [6, 6.07) is 16.8. The Labute approximate surface area is 106 Å². The fourth-order valence-electron chi connectivity index (χ4n) is 1.80. The molecular formula is C15H15NO2. The Balaban J connectivity index is 2.22. The van der Waals surface area contributed by atoms with Gasteiger partial charge in [0, 0.05) is 0 Å². The summed E-state index contributed by atoms with van der Waals surface area (Å²) in [7, 11) is 1.37. The van der Waals surface area contributed by atoms with Crippen LogP contribution in [-0.4, -0.2) is 13.1 Å². The average Bonchev–Trinajstić information content (AvgIpc) is 2.47. The van der Waals surface area contributed by atoms with Gasteiger partial charge in [0.1, 0.15) is 0 Å². The van der Waals surface area contributed by atoms with Gasteiger partial charge < -0.3 is 10.5 Å². The van der Waals surface area contributed by atoms with E-state index in [1.165, 1.54) is 7.11 Å². The fraction of sp³-hybridized carbons (Fsp3) is 0.133. The molecule has 92 valence electrons. The number of carbonyl (C=O) groups is 1. The highest BCUT2D eigenvalue weighted by Crippen LogP contribution is 2.19. The number of ether oxygens (including phenoxy) is 1. The molecule has 1 atom stereocenters. The minimum atomic E-state index is -0.338. The molecule has 0 heterocycles. The van der Waals surface area contributed by atoms with Crippen LogP contribution in [0.1, 0.15) is 27.5 Å². The molecule has 0 fully saturated rings. The summed E-state index contributed by atoms with van der Waals surface area (Å²) in [4.78, 5) is 11.3. The molecule has 18 heavy (non-hydrogen) atoms. The summed E-state index contributed by atoms with van der Waals surface area (Å²) < 4.78 is 4.65. The third-order valence-corrected chi connectivity index (χ3v) is 2.85. The summed E-state index contributed by atoms with van der Waals surface area (Å²) in [5.74, 6) is -0.338. The van der Waals surface area contributed by atoms with Crippen LogP contribution in [-0.2, 0) is 4.74 Å². The van der Waals surface area contributed by atoms with Gasteiger partial charge in [-0.1, -0.05) is 42.5 Å². The molecule has 3 heteroatoms. The number of benzene rings is 2. The monoisotopic (exact) mass is 241 g/mol. The maximum absolute atomic E-state index is 11.3. The van der Waals surface area contributed by atoms with Crippen molar-refractivity contribution in [3.8, 4) is 0 Å². The van der Waals surface area contributed by atoms with Gasteiger partial charge in [0.15, 0.2) is 0 Å². The third kappa shape index (κ3) is 2.57. The van der Waals surface area contributed by atoms with Crippen molar-refractivity contribution in [2.24, 2.45) is 5.73 Å². The molecule has 0 amide bonds. The van der Waals surface area contributed by atoms with Crippen LogP contribution in [0.3, 0.4) is 0 Å². The number of methoxy groups -OCH3 is 1. The lowest BCUT2D eigenvalue weighted by atomic mass is 9.99. The van der Waals surface area contributed by atoms with E-state index in [0.717, 1.165) is 11.1 Å². The zero-order valence-corrected chi connectivity index (χ0v) is 10.2. The molecule has 2 N–H and O–H groups in total.